The fourth-order valence-electron chi connectivity index (χ4n) is 2.17. The smallest absolute Gasteiger partial charge is 0.171 e. The second-order valence-corrected chi connectivity index (χ2v) is 4.75. The number of hydrogen-bond donors (Lipinski definition) is 1. The molecule has 0 fully saturated rings. The number of para-hydroxylation sites is 1. The molecule has 1 aliphatic rings. The molecule has 3 heteroatoms. The Balaban J connectivity index is 2.37. The highest BCUT2D eigenvalue weighted by Crippen LogP contribution is 2.30. The lowest BCUT2D eigenvalue weighted by atomic mass is 9.97. The molecule has 3 nitrogen and oxygen atoms in total. The second-order valence-electron chi connectivity index (χ2n) is 4.75. The van der Waals surface area contributed by atoms with E-state index in [9.17, 15) is 9.90 Å². The maximum absolute atomic E-state index is 11.0. The molecule has 0 amide bonds. The van der Waals surface area contributed by atoms with Crippen molar-refractivity contribution in [2.75, 3.05) is 0 Å². The molecule has 0 heterocycles. The Hall–Kier alpha value is -2.29. The predicted molar refractivity (Wildman–Crippen MR) is 78.9 cm³/mol. The minimum Gasteiger partial charge on any atom is -0.509 e. The van der Waals surface area contributed by atoms with Crippen molar-refractivity contribution in [1.29, 1.82) is 0 Å². The van der Waals surface area contributed by atoms with E-state index in [1.165, 1.54) is 0 Å². The third-order valence-corrected chi connectivity index (χ3v) is 3.22. The fourth-order valence-corrected chi connectivity index (χ4v) is 2.17. The van der Waals surface area contributed by atoms with Crippen molar-refractivity contribution in [3.63, 3.8) is 0 Å². The molecule has 1 aliphatic carbocycles. The Morgan fingerprint density at radius 2 is 1.95 bits per heavy atom. The van der Waals surface area contributed by atoms with E-state index in [2.05, 4.69) is 6.08 Å². The SMILES string of the molecule is CC1=CCCC=C1/C(Oc1ccccc1C=O)=C(/C)O. The van der Waals surface area contributed by atoms with Crippen LogP contribution in [0.5, 0.6) is 5.75 Å². The van der Waals surface area contributed by atoms with Gasteiger partial charge in [-0.2, -0.15) is 0 Å². The number of allylic oxidation sites excluding steroid dienone is 4. The first kappa shape index (κ1) is 14.1. The van der Waals surface area contributed by atoms with Crippen LogP contribution in [0.2, 0.25) is 0 Å². The summed E-state index contributed by atoms with van der Waals surface area (Å²) in [6, 6.07) is 6.97. The number of benzene rings is 1. The standard InChI is InChI=1S/C17H18O3/c1-12-7-3-5-9-15(12)17(13(2)19)20-16-10-6-4-8-14(16)11-18/h4,6-11,19H,3,5H2,1-2H3/b17-13+. The molecule has 0 spiro atoms. The third kappa shape index (κ3) is 2.99. The summed E-state index contributed by atoms with van der Waals surface area (Å²) >= 11 is 0. The van der Waals surface area contributed by atoms with E-state index >= 15 is 0 Å². The summed E-state index contributed by atoms with van der Waals surface area (Å²) < 4.78 is 5.80. The first-order valence-electron chi connectivity index (χ1n) is 6.63. The molecular weight excluding hydrogens is 252 g/mol. The van der Waals surface area contributed by atoms with Gasteiger partial charge in [0.1, 0.15) is 11.5 Å². The van der Waals surface area contributed by atoms with Crippen molar-refractivity contribution in [2.24, 2.45) is 0 Å². The first-order chi connectivity index (χ1) is 9.63. The summed E-state index contributed by atoms with van der Waals surface area (Å²) in [6.45, 7) is 3.57. The van der Waals surface area contributed by atoms with Crippen LogP contribution in [0.15, 0.2) is 59.1 Å². The Kier molecular flexibility index (Phi) is 4.41. The molecule has 104 valence electrons. The topological polar surface area (TPSA) is 46.5 Å². The van der Waals surface area contributed by atoms with Crippen molar-refractivity contribution in [2.45, 2.75) is 26.7 Å². The molecule has 0 aliphatic heterocycles. The van der Waals surface area contributed by atoms with E-state index in [0.29, 0.717) is 17.1 Å². The van der Waals surface area contributed by atoms with E-state index in [1.807, 2.05) is 13.0 Å². The average molecular weight is 270 g/mol. The lowest BCUT2D eigenvalue weighted by Gasteiger charge is -2.18. The van der Waals surface area contributed by atoms with Gasteiger partial charge in [-0.05, 0) is 44.4 Å². The molecule has 20 heavy (non-hydrogen) atoms. The van der Waals surface area contributed by atoms with Crippen molar-refractivity contribution >= 4 is 6.29 Å². The normalized spacial score (nSPS) is 15.9. The van der Waals surface area contributed by atoms with E-state index in [4.69, 9.17) is 4.74 Å². The molecule has 1 N–H and O–H groups in total. The van der Waals surface area contributed by atoms with Gasteiger partial charge in [0.2, 0.25) is 0 Å². The number of ether oxygens (including phenoxy) is 1. The van der Waals surface area contributed by atoms with Crippen LogP contribution in [-0.4, -0.2) is 11.4 Å². The van der Waals surface area contributed by atoms with Crippen LogP contribution in [0.1, 0.15) is 37.0 Å². The van der Waals surface area contributed by atoms with Gasteiger partial charge in [0.25, 0.3) is 0 Å². The zero-order chi connectivity index (χ0) is 14.5. The maximum Gasteiger partial charge on any atom is 0.171 e. The number of rotatable bonds is 4. The van der Waals surface area contributed by atoms with E-state index in [1.54, 1.807) is 31.2 Å². The minimum absolute atomic E-state index is 0.103. The van der Waals surface area contributed by atoms with E-state index < -0.39 is 0 Å². The third-order valence-electron chi connectivity index (χ3n) is 3.22. The molecule has 1 aromatic carbocycles. The number of aliphatic hydroxyl groups is 1. The molecule has 0 radical (unpaired) electrons. The van der Waals surface area contributed by atoms with Gasteiger partial charge in [-0.1, -0.05) is 24.3 Å². The summed E-state index contributed by atoms with van der Waals surface area (Å²) in [5, 5.41) is 9.91. The Bertz CT molecular complexity index is 602. The van der Waals surface area contributed by atoms with Gasteiger partial charge >= 0.3 is 0 Å². The summed E-state index contributed by atoms with van der Waals surface area (Å²) in [4.78, 5) is 11.0. The number of carbonyl (C=O) groups is 1. The zero-order valence-corrected chi connectivity index (χ0v) is 11.7. The van der Waals surface area contributed by atoms with E-state index in [-0.39, 0.29) is 5.76 Å². The largest absolute Gasteiger partial charge is 0.509 e. The van der Waals surface area contributed by atoms with Crippen molar-refractivity contribution in [3.05, 3.63) is 64.6 Å². The number of carbonyl (C=O) groups excluding carboxylic acids is 1. The van der Waals surface area contributed by atoms with Gasteiger partial charge in [0, 0.05) is 5.57 Å². The van der Waals surface area contributed by atoms with Crippen LogP contribution in [0.3, 0.4) is 0 Å². The average Bonchev–Trinajstić information content (AvgIpc) is 2.46. The van der Waals surface area contributed by atoms with Crippen LogP contribution < -0.4 is 4.74 Å². The molecule has 0 saturated carbocycles. The molecule has 0 saturated heterocycles. The maximum atomic E-state index is 11.0. The highest BCUT2D eigenvalue weighted by Gasteiger charge is 2.16. The van der Waals surface area contributed by atoms with Gasteiger partial charge in [-0.15, -0.1) is 0 Å². The lowest BCUT2D eigenvalue weighted by molar-refractivity contribution is 0.112. The highest BCUT2D eigenvalue weighted by atomic mass is 16.5. The fraction of sp³-hybridized carbons (Fsp3) is 0.235. The zero-order valence-electron chi connectivity index (χ0n) is 11.7. The number of aliphatic hydroxyl groups excluding tert-OH is 1. The number of hydrogen-bond acceptors (Lipinski definition) is 3. The van der Waals surface area contributed by atoms with Gasteiger partial charge in [0.05, 0.1) is 5.56 Å². The molecule has 0 atom stereocenters. The predicted octanol–water partition coefficient (Wildman–Crippen LogP) is 4.33. The Labute approximate surface area is 118 Å². The summed E-state index contributed by atoms with van der Waals surface area (Å²) in [7, 11) is 0. The second kappa shape index (κ2) is 6.24. The van der Waals surface area contributed by atoms with E-state index in [0.717, 1.165) is 30.3 Å². The van der Waals surface area contributed by atoms with Crippen molar-refractivity contribution in [1.82, 2.24) is 0 Å². The minimum atomic E-state index is 0.103. The summed E-state index contributed by atoms with van der Waals surface area (Å²) in [5.74, 6) is 0.963. The van der Waals surface area contributed by atoms with Gasteiger partial charge in [-0.25, -0.2) is 0 Å². The molecule has 0 bridgehead atoms. The molecule has 0 aromatic heterocycles. The molecule has 0 unspecified atom stereocenters. The van der Waals surface area contributed by atoms with Gasteiger partial charge in [-0.3, -0.25) is 4.79 Å². The molecule has 2 rings (SSSR count). The first-order valence-corrected chi connectivity index (χ1v) is 6.63. The van der Waals surface area contributed by atoms with Crippen molar-refractivity contribution < 1.29 is 14.6 Å². The quantitative estimate of drug-likeness (QED) is 0.654. The van der Waals surface area contributed by atoms with Crippen LogP contribution in [0.25, 0.3) is 0 Å². The van der Waals surface area contributed by atoms with Crippen LogP contribution >= 0.6 is 0 Å². The van der Waals surface area contributed by atoms with Crippen LogP contribution in [0.4, 0.5) is 0 Å². The van der Waals surface area contributed by atoms with Gasteiger partial charge < -0.3 is 9.84 Å². The monoisotopic (exact) mass is 270 g/mol. The molecular formula is C17H18O3. The number of aldehydes is 1. The highest BCUT2D eigenvalue weighted by molar-refractivity contribution is 5.79. The molecule has 1 aromatic rings. The van der Waals surface area contributed by atoms with Crippen molar-refractivity contribution in [3.8, 4) is 5.75 Å². The summed E-state index contributed by atoms with van der Waals surface area (Å²) in [5.41, 5.74) is 2.42. The van der Waals surface area contributed by atoms with Gasteiger partial charge in [0.15, 0.2) is 12.0 Å². The Morgan fingerprint density at radius 3 is 2.60 bits per heavy atom. The Morgan fingerprint density at radius 1 is 1.25 bits per heavy atom. The lowest BCUT2D eigenvalue weighted by Crippen LogP contribution is -2.07. The van der Waals surface area contributed by atoms with Crippen LogP contribution in [0, 0.1) is 0 Å². The van der Waals surface area contributed by atoms with Crippen LogP contribution in [-0.2, 0) is 0 Å². The summed E-state index contributed by atoms with van der Waals surface area (Å²) in [6.07, 6.45) is 6.83.